The smallest absolute Gasteiger partial charge is 0.350 e. The standard InChI is InChI=1S/C37H43ClN8O4.C2H6/c1-5-28(4)46-36(47)44(25-41-46)30-9-7-29(8-10-30)42-16-18-43(19-17-42)31-11-13-35(27(3)21-31)48-22-32-23-49-37(50-32,24-45-39-14-15-40-45)33-12-6-26(2)20-34(33)38;1-2/h6-15,20-21,25,28,32H,5,16-19,22-24H2,1-4H3;1-2H3. The molecule has 2 aromatic heterocycles. The van der Waals surface area contributed by atoms with Gasteiger partial charge in [0.2, 0.25) is 5.79 Å². The van der Waals surface area contributed by atoms with Crippen molar-refractivity contribution in [3.63, 3.8) is 0 Å². The summed E-state index contributed by atoms with van der Waals surface area (Å²) in [5, 5.41) is 13.4. The first-order chi connectivity index (χ1) is 25.2. The molecule has 52 heavy (non-hydrogen) atoms. The lowest BCUT2D eigenvalue weighted by Crippen LogP contribution is -2.46. The minimum atomic E-state index is -1.13. The second-order valence-corrected chi connectivity index (χ2v) is 13.5. The maximum Gasteiger partial charge on any atom is 0.350 e. The zero-order chi connectivity index (χ0) is 36.8. The van der Waals surface area contributed by atoms with Gasteiger partial charge in [0, 0.05) is 48.1 Å². The van der Waals surface area contributed by atoms with E-state index >= 15 is 0 Å². The number of piperazine rings is 1. The quantitative estimate of drug-likeness (QED) is 0.149. The van der Waals surface area contributed by atoms with Crippen LogP contribution >= 0.6 is 11.6 Å². The SMILES string of the molecule is CC.CCC(C)n1ncn(-c2ccc(N3CCN(c4ccc(OCC5COC(Cn6nccn6)(c6ccc(C)cc6Cl)O5)c(C)c4)CC3)cc2)c1=O. The number of nitrogens with zero attached hydrogens (tertiary/aromatic N) is 8. The average molecular weight is 729 g/mol. The van der Waals surface area contributed by atoms with Crippen LogP contribution < -0.4 is 20.2 Å². The molecule has 276 valence electrons. The normalized spacial score (nSPS) is 19.3. The number of hydrogen-bond acceptors (Lipinski definition) is 9. The second-order valence-electron chi connectivity index (χ2n) is 13.1. The highest BCUT2D eigenvalue weighted by molar-refractivity contribution is 6.31. The molecule has 0 bridgehead atoms. The van der Waals surface area contributed by atoms with Crippen LogP contribution in [0.3, 0.4) is 0 Å². The van der Waals surface area contributed by atoms with Gasteiger partial charge in [0.05, 0.1) is 30.7 Å². The van der Waals surface area contributed by atoms with Crippen LogP contribution in [0, 0.1) is 13.8 Å². The molecule has 0 spiro atoms. The van der Waals surface area contributed by atoms with E-state index in [0.29, 0.717) is 18.2 Å². The molecule has 0 N–H and O–H groups in total. The Hall–Kier alpha value is -4.65. The van der Waals surface area contributed by atoms with Crippen LogP contribution in [0.4, 0.5) is 11.4 Å². The summed E-state index contributed by atoms with van der Waals surface area (Å²) in [6.45, 7) is 16.6. The number of benzene rings is 3. The average Bonchev–Trinajstić information content (AvgIpc) is 3.93. The lowest BCUT2D eigenvalue weighted by Gasteiger charge is -2.37. The third-order valence-corrected chi connectivity index (χ3v) is 9.95. The lowest BCUT2D eigenvalue weighted by molar-refractivity contribution is -0.192. The summed E-state index contributed by atoms with van der Waals surface area (Å²) in [5.41, 5.74) is 5.86. The van der Waals surface area contributed by atoms with E-state index in [4.69, 9.17) is 25.8 Å². The van der Waals surface area contributed by atoms with Gasteiger partial charge in [0.1, 0.15) is 31.3 Å². The first-order valence-corrected chi connectivity index (χ1v) is 18.5. The maximum atomic E-state index is 12.8. The van der Waals surface area contributed by atoms with E-state index in [0.717, 1.165) is 66.4 Å². The lowest BCUT2D eigenvalue weighted by atomic mass is 10.0. The number of hydrogen-bond donors (Lipinski definition) is 0. The predicted molar refractivity (Wildman–Crippen MR) is 204 cm³/mol. The van der Waals surface area contributed by atoms with E-state index < -0.39 is 5.79 Å². The van der Waals surface area contributed by atoms with Gasteiger partial charge in [-0.05, 0) is 86.8 Å². The van der Waals surface area contributed by atoms with Crippen LogP contribution in [-0.4, -0.2) is 74.8 Å². The van der Waals surface area contributed by atoms with Crippen molar-refractivity contribution in [2.24, 2.45) is 0 Å². The van der Waals surface area contributed by atoms with E-state index in [9.17, 15) is 4.79 Å². The van der Waals surface area contributed by atoms with Crippen molar-refractivity contribution in [3.8, 4) is 11.4 Å². The van der Waals surface area contributed by atoms with Gasteiger partial charge in [-0.25, -0.2) is 14.0 Å². The highest BCUT2D eigenvalue weighted by Crippen LogP contribution is 2.40. The Morgan fingerprint density at radius 2 is 1.56 bits per heavy atom. The van der Waals surface area contributed by atoms with Gasteiger partial charge in [-0.15, -0.1) is 0 Å². The van der Waals surface area contributed by atoms with Gasteiger partial charge in [0.25, 0.3) is 0 Å². The predicted octanol–water partition coefficient (Wildman–Crippen LogP) is 6.57. The molecule has 13 heteroatoms. The fourth-order valence-electron chi connectivity index (χ4n) is 6.59. The molecule has 0 amide bonds. The Morgan fingerprint density at radius 3 is 2.21 bits per heavy atom. The fraction of sp³-hybridized carbons (Fsp3) is 0.436. The summed E-state index contributed by atoms with van der Waals surface area (Å²) >= 11 is 6.68. The zero-order valence-electron chi connectivity index (χ0n) is 30.9. The van der Waals surface area contributed by atoms with Crippen molar-refractivity contribution in [2.75, 3.05) is 49.2 Å². The number of anilines is 2. The minimum absolute atomic E-state index is 0.0663. The molecule has 4 heterocycles. The molecule has 0 radical (unpaired) electrons. The largest absolute Gasteiger partial charge is 0.491 e. The number of ether oxygens (including phenoxy) is 3. The second kappa shape index (κ2) is 16.4. The number of rotatable bonds is 11. The van der Waals surface area contributed by atoms with Crippen LogP contribution in [0.2, 0.25) is 5.02 Å². The van der Waals surface area contributed by atoms with E-state index in [-0.39, 0.29) is 24.4 Å². The van der Waals surface area contributed by atoms with Crippen LogP contribution in [0.25, 0.3) is 5.69 Å². The monoisotopic (exact) mass is 728 g/mol. The first kappa shape index (κ1) is 37.1. The fourth-order valence-corrected chi connectivity index (χ4v) is 6.97. The topological polar surface area (TPSA) is 105 Å². The van der Waals surface area contributed by atoms with E-state index in [1.807, 2.05) is 64.1 Å². The molecular weight excluding hydrogens is 680 g/mol. The minimum Gasteiger partial charge on any atom is -0.491 e. The molecule has 5 aromatic rings. The third-order valence-electron chi connectivity index (χ3n) is 9.63. The first-order valence-electron chi connectivity index (χ1n) is 18.2. The van der Waals surface area contributed by atoms with Crippen molar-refractivity contribution in [1.82, 2.24) is 29.3 Å². The summed E-state index contributed by atoms with van der Waals surface area (Å²) in [6.07, 6.45) is 5.40. The molecule has 3 atom stereocenters. The van der Waals surface area contributed by atoms with Gasteiger partial charge in [-0.3, -0.25) is 0 Å². The van der Waals surface area contributed by atoms with Crippen LogP contribution in [0.5, 0.6) is 5.75 Å². The van der Waals surface area contributed by atoms with Crippen molar-refractivity contribution in [2.45, 2.75) is 72.4 Å². The van der Waals surface area contributed by atoms with Crippen LogP contribution in [0.1, 0.15) is 56.8 Å². The van der Waals surface area contributed by atoms with Gasteiger partial charge in [-0.1, -0.05) is 44.5 Å². The van der Waals surface area contributed by atoms with Crippen molar-refractivity contribution < 1.29 is 14.2 Å². The van der Waals surface area contributed by atoms with E-state index in [1.165, 1.54) is 5.69 Å². The highest BCUT2D eigenvalue weighted by Gasteiger charge is 2.46. The Kier molecular flexibility index (Phi) is 11.7. The molecule has 2 fully saturated rings. The number of halogens is 1. The molecule has 3 unspecified atom stereocenters. The molecule has 2 aliphatic rings. The molecule has 12 nitrogen and oxygen atoms in total. The molecule has 0 aliphatic carbocycles. The van der Waals surface area contributed by atoms with Crippen molar-refractivity contribution >= 4 is 23.0 Å². The summed E-state index contributed by atoms with van der Waals surface area (Å²) in [6, 6.07) is 20.4. The molecule has 0 saturated carbocycles. The van der Waals surface area contributed by atoms with Crippen LogP contribution in [0.15, 0.2) is 84.2 Å². The molecule has 7 rings (SSSR count). The third kappa shape index (κ3) is 7.89. The van der Waals surface area contributed by atoms with Crippen LogP contribution in [-0.2, 0) is 21.8 Å². The van der Waals surface area contributed by atoms with Gasteiger partial charge in [0.15, 0.2) is 0 Å². The van der Waals surface area contributed by atoms with E-state index in [2.05, 4.69) is 63.2 Å². The maximum absolute atomic E-state index is 12.8. The molecule has 2 aliphatic heterocycles. The Balaban J connectivity index is 0.00000228. The number of aromatic nitrogens is 6. The van der Waals surface area contributed by atoms with Gasteiger partial charge >= 0.3 is 5.69 Å². The summed E-state index contributed by atoms with van der Waals surface area (Å²) in [4.78, 5) is 19.2. The summed E-state index contributed by atoms with van der Waals surface area (Å²) in [5.74, 6) is -0.318. The van der Waals surface area contributed by atoms with E-state index in [1.54, 1.807) is 32.8 Å². The van der Waals surface area contributed by atoms with Crippen molar-refractivity contribution in [3.05, 3.63) is 112 Å². The highest BCUT2D eigenvalue weighted by atomic mass is 35.5. The van der Waals surface area contributed by atoms with Crippen molar-refractivity contribution in [1.29, 1.82) is 0 Å². The Labute approximate surface area is 310 Å². The molecule has 2 saturated heterocycles. The van der Waals surface area contributed by atoms with Gasteiger partial charge in [-0.2, -0.15) is 20.1 Å². The Bertz CT molecular complexity index is 1970. The van der Waals surface area contributed by atoms with Gasteiger partial charge < -0.3 is 24.0 Å². The number of aryl methyl sites for hydroxylation is 2. The summed E-state index contributed by atoms with van der Waals surface area (Å²) in [7, 11) is 0. The zero-order valence-corrected chi connectivity index (χ0v) is 31.7. The molecule has 3 aromatic carbocycles. The summed E-state index contributed by atoms with van der Waals surface area (Å²) < 4.78 is 22.3. The molecular formula is C39H49ClN8O4. The Morgan fingerprint density at radius 1 is 0.904 bits per heavy atom.